The summed E-state index contributed by atoms with van der Waals surface area (Å²) in [5.74, 6) is -2.66. The zero-order valence-electron chi connectivity index (χ0n) is 20.7. The SMILES string of the molecule is CCCCCN1c2nc(Br)[nH]c2C(=O)N2C(Cc3cccc(-c4ccncc4)c3)=NN(OC(=O)C(F)(F)F)C21. The Morgan fingerprint density at radius 1 is 1.15 bits per heavy atom. The van der Waals surface area contributed by atoms with E-state index in [1.807, 2.05) is 43.3 Å². The van der Waals surface area contributed by atoms with Gasteiger partial charge in [0.05, 0.1) is 0 Å². The summed E-state index contributed by atoms with van der Waals surface area (Å²) in [5.41, 5.74) is 2.70. The Bertz CT molecular complexity index is 1410. The molecule has 4 heterocycles. The van der Waals surface area contributed by atoms with Gasteiger partial charge in [-0.05, 0) is 51.2 Å². The molecule has 0 fully saturated rings. The molecule has 3 aromatic rings. The van der Waals surface area contributed by atoms with Crippen LogP contribution in [0.1, 0.15) is 42.2 Å². The quantitative estimate of drug-likeness (QED) is 0.365. The van der Waals surface area contributed by atoms with Gasteiger partial charge >= 0.3 is 12.1 Å². The number of hydrogen-bond acceptors (Lipinski definition) is 8. The van der Waals surface area contributed by atoms with E-state index >= 15 is 0 Å². The standard InChI is InChI=1S/C25H23BrF3N7O3/c1-2-3-4-12-34-20-19(31-23(26)32-20)21(37)35-18(33-36(24(34)35)39-22(38)25(27,28)29)14-15-6-5-7-17(13-15)16-8-10-30-11-9-16/h5-11,13,24H,2-4,12,14H2,1H3,(H,31,32). The molecule has 2 aliphatic rings. The zero-order valence-corrected chi connectivity index (χ0v) is 22.2. The van der Waals surface area contributed by atoms with Crippen molar-refractivity contribution in [3.63, 3.8) is 0 Å². The lowest BCUT2D eigenvalue weighted by molar-refractivity contribution is -0.249. The lowest BCUT2D eigenvalue weighted by Gasteiger charge is -2.41. The first-order chi connectivity index (χ1) is 18.7. The van der Waals surface area contributed by atoms with Crippen molar-refractivity contribution < 1.29 is 27.6 Å². The largest absolute Gasteiger partial charge is 0.493 e. The number of hydroxylamine groups is 1. The molecular formula is C25H23BrF3N7O3. The van der Waals surface area contributed by atoms with E-state index in [0.29, 0.717) is 18.1 Å². The van der Waals surface area contributed by atoms with Gasteiger partial charge in [-0.2, -0.15) is 13.2 Å². The number of unbranched alkanes of at least 4 members (excludes halogenated alkanes) is 2. The van der Waals surface area contributed by atoms with E-state index in [4.69, 9.17) is 4.84 Å². The summed E-state index contributed by atoms with van der Waals surface area (Å²) in [6.45, 7) is 2.34. The molecule has 0 aliphatic carbocycles. The van der Waals surface area contributed by atoms with E-state index in [2.05, 4.69) is 36.0 Å². The van der Waals surface area contributed by atoms with Crippen molar-refractivity contribution >= 4 is 39.5 Å². The molecule has 14 heteroatoms. The number of aromatic nitrogens is 3. The van der Waals surface area contributed by atoms with Crippen molar-refractivity contribution in [2.75, 3.05) is 11.4 Å². The third-order valence-corrected chi connectivity index (χ3v) is 6.65. The molecule has 1 N–H and O–H groups in total. The predicted molar refractivity (Wildman–Crippen MR) is 138 cm³/mol. The number of imidazole rings is 1. The number of benzene rings is 1. The van der Waals surface area contributed by atoms with Gasteiger partial charge < -0.3 is 14.7 Å². The average Bonchev–Trinajstić information content (AvgIpc) is 3.47. The Hall–Kier alpha value is -3.94. The molecular weight excluding hydrogens is 583 g/mol. The van der Waals surface area contributed by atoms with Crippen LogP contribution in [0.2, 0.25) is 0 Å². The number of halogens is 4. The highest BCUT2D eigenvalue weighted by molar-refractivity contribution is 9.10. The fraction of sp³-hybridized carbons (Fsp3) is 0.320. The Kier molecular flexibility index (Phi) is 7.30. The van der Waals surface area contributed by atoms with Crippen molar-refractivity contribution in [1.82, 2.24) is 25.0 Å². The second kappa shape index (κ2) is 10.7. The lowest BCUT2D eigenvalue weighted by Crippen LogP contribution is -2.60. The number of hydrazone groups is 1. The first-order valence-corrected chi connectivity index (χ1v) is 13.0. The van der Waals surface area contributed by atoms with Crippen molar-refractivity contribution in [3.05, 3.63) is 64.8 Å². The number of pyridine rings is 1. The molecule has 0 saturated heterocycles. The van der Waals surface area contributed by atoms with Gasteiger partial charge in [0, 0.05) is 25.4 Å². The van der Waals surface area contributed by atoms with Crippen LogP contribution in [0.15, 0.2) is 58.6 Å². The first-order valence-electron chi connectivity index (χ1n) is 12.2. The van der Waals surface area contributed by atoms with Gasteiger partial charge in [0.25, 0.3) is 5.91 Å². The third-order valence-electron chi connectivity index (χ3n) is 6.27. The number of nitrogens with zero attached hydrogens (tertiary/aromatic N) is 6. The first kappa shape index (κ1) is 26.7. The fourth-order valence-electron chi connectivity index (χ4n) is 4.52. The highest BCUT2D eigenvalue weighted by atomic mass is 79.9. The van der Waals surface area contributed by atoms with Crippen LogP contribution in [0.5, 0.6) is 0 Å². The molecule has 1 atom stereocenters. The molecule has 1 amide bonds. The minimum absolute atomic E-state index is 0.0780. The van der Waals surface area contributed by atoms with Gasteiger partial charge in [0.2, 0.25) is 6.29 Å². The molecule has 0 bridgehead atoms. The Balaban J connectivity index is 1.53. The highest BCUT2D eigenvalue weighted by Gasteiger charge is 2.52. The van der Waals surface area contributed by atoms with Crippen molar-refractivity contribution in [2.24, 2.45) is 5.10 Å². The summed E-state index contributed by atoms with van der Waals surface area (Å²) in [6.07, 6.45) is -0.745. The van der Waals surface area contributed by atoms with Gasteiger partial charge in [0.15, 0.2) is 10.6 Å². The Labute approximate surface area is 229 Å². The topological polar surface area (TPSA) is 107 Å². The number of fused-ring (bicyclic) bond motifs is 2. The van der Waals surface area contributed by atoms with Crippen LogP contribution >= 0.6 is 15.9 Å². The van der Waals surface area contributed by atoms with Crippen molar-refractivity contribution in [3.8, 4) is 11.1 Å². The van der Waals surface area contributed by atoms with E-state index in [-0.39, 0.29) is 28.5 Å². The Morgan fingerprint density at radius 3 is 2.64 bits per heavy atom. The predicted octanol–water partition coefficient (Wildman–Crippen LogP) is 4.86. The number of hydrogen-bond donors (Lipinski definition) is 1. The van der Waals surface area contributed by atoms with Crippen LogP contribution in [0, 0.1) is 0 Å². The minimum Gasteiger partial charge on any atom is -0.327 e. The van der Waals surface area contributed by atoms with Crippen LogP contribution in [-0.2, 0) is 16.1 Å². The molecule has 1 unspecified atom stereocenters. The second-order valence-electron chi connectivity index (χ2n) is 8.96. The summed E-state index contributed by atoms with van der Waals surface area (Å²) in [6, 6.07) is 11.1. The number of nitrogens with one attached hydrogen (secondary N) is 1. The van der Waals surface area contributed by atoms with Crippen molar-refractivity contribution in [1.29, 1.82) is 0 Å². The van der Waals surface area contributed by atoms with Crippen LogP contribution in [0.25, 0.3) is 11.1 Å². The summed E-state index contributed by atoms with van der Waals surface area (Å²) in [7, 11) is 0. The van der Waals surface area contributed by atoms with Crippen LogP contribution in [0.3, 0.4) is 0 Å². The molecule has 2 aromatic heterocycles. The molecule has 204 valence electrons. The van der Waals surface area contributed by atoms with E-state index in [1.165, 1.54) is 4.90 Å². The Morgan fingerprint density at radius 2 is 1.92 bits per heavy atom. The van der Waals surface area contributed by atoms with Crippen LogP contribution in [0.4, 0.5) is 19.0 Å². The highest BCUT2D eigenvalue weighted by Crippen LogP contribution is 2.37. The van der Waals surface area contributed by atoms with Crippen LogP contribution in [-0.4, -0.2) is 61.7 Å². The van der Waals surface area contributed by atoms with E-state index in [1.54, 1.807) is 17.3 Å². The van der Waals surface area contributed by atoms with Gasteiger partial charge in [0.1, 0.15) is 11.5 Å². The molecule has 0 radical (unpaired) electrons. The normalized spacial score (nSPS) is 16.7. The average molecular weight is 606 g/mol. The number of rotatable bonds is 8. The summed E-state index contributed by atoms with van der Waals surface area (Å²) >= 11 is 3.24. The monoisotopic (exact) mass is 605 g/mol. The summed E-state index contributed by atoms with van der Waals surface area (Å²) in [4.78, 5) is 44.3. The molecule has 10 nitrogen and oxygen atoms in total. The number of amidine groups is 1. The smallest absolute Gasteiger partial charge is 0.327 e. The van der Waals surface area contributed by atoms with Gasteiger partial charge in [-0.15, -0.1) is 5.10 Å². The van der Waals surface area contributed by atoms with E-state index < -0.39 is 24.3 Å². The number of anilines is 1. The number of amides is 1. The number of H-pyrrole nitrogens is 1. The molecule has 2 aliphatic heterocycles. The maximum Gasteiger partial charge on any atom is 0.493 e. The summed E-state index contributed by atoms with van der Waals surface area (Å²) in [5, 5.41) is 4.75. The van der Waals surface area contributed by atoms with Gasteiger partial charge in [-0.3, -0.25) is 9.78 Å². The lowest BCUT2D eigenvalue weighted by atomic mass is 10.0. The molecule has 39 heavy (non-hydrogen) atoms. The van der Waals surface area contributed by atoms with Gasteiger partial charge in [-0.1, -0.05) is 49.2 Å². The number of carbonyl (C=O) groups excluding carboxylic acids is 2. The maximum absolute atomic E-state index is 13.6. The molecule has 1 aromatic carbocycles. The molecule has 0 spiro atoms. The fourth-order valence-corrected chi connectivity index (χ4v) is 4.88. The molecule has 5 rings (SSSR count). The van der Waals surface area contributed by atoms with Gasteiger partial charge in [-0.25, -0.2) is 14.7 Å². The van der Waals surface area contributed by atoms with Crippen LogP contribution < -0.4 is 4.90 Å². The maximum atomic E-state index is 13.6. The molecule has 0 saturated carbocycles. The van der Waals surface area contributed by atoms with Crippen molar-refractivity contribution in [2.45, 2.75) is 45.1 Å². The van der Waals surface area contributed by atoms with E-state index in [0.717, 1.165) is 29.5 Å². The summed E-state index contributed by atoms with van der Waals surface area (Å²) < 4.78 is 39.8. The van der Waals surface area contributed by atoms with E-state index in [9.17, 15) is 22.8 Å². The number of carbonyl (C=O) groups is 2. The number of aromatic amines is 1. The second-order valence-corrected chi connectivity index (χ2v) is 9.71. The minimum atomic E-state index is -5.26. The number of alkyl halides is 3. The third kappa shape index (κ3) is 5.33. The zero-order chi connectivity index (χ0) is 27.7.